The molecule has 0 atom stereocenters. The number of nitrogens with one attached hydrogen (secondary N) is 1. The van der Waals surface area contributed by atoms with Crippen molar-refractivity contribution in [2.75, 3.05) is 12.4 Å². The fraction of sp³-hybridized carbons (Fsp3) is 0.125. The zero-order valence-electron chi connectivity index (χ0n) is 11.8. The summed E-state index contributed by atoms with van der Waals surface area (Å²) in [5, 5.41) is 12.3. The number of benzene rings is 2. The third-order valence-electron chi connectivity index (χ3n) is 3.00. The van der Waals surface area contributed by atoms with Gasteiger partial charge < -0.3 is 15.2 Å². The molecule has 0 spiro atoms. The van der Waals surface area contributed by atoms with E-state index in [4.69, 9.17) is 21.4 Å². The predicted octanol–water partition coefficient (Wildman–Crippen LogP) is 3.23. The van der Waals surface area contributed by atoms with Crippen molar-refractivity contribution in [2.45, 2.75) is 6.42 Å². The van der Waals surface area contributed by atoms with Gasteiger partial charge in [-0.25, -0.2) is 4.79 Å². The van der Waals surface area contributed by atoms with Gasteiger partial charge in [0.05, 0.1) is 24.8 Å². The van der Waals surface area contributed by atoms with Gasteiger partial charge in [0, 0.05) is 5.02 Å². The van der Waals surface area contributed by atoms with Crippen molar-refractivity contribution in [3.63, 3.8) is 0 Å². The minimum atomic E-state index is -1.07. The molecule has 2 rings (SSSR count). The van der Waals surface area contributed by atoms with Crippen molar-refractivity contribution in [1.82, 2.24) is 0 Å². The lowest BCUT2D eigenvalue weighted by Crippen LogP contribution is -2.15. The molecular weight excluding hydrogens is 306 g/mol. The first-order chi connectivity index (χ1) is 10.5. The van der Waals surface area contributed by atoms with Crippen LogP contribution in [0.2, 0.25) is 5.02 Å². The molecule has 22 heavy (non-hydrogen) atoms. The van der Waals surface area contributed by atoms with Gasteiger partial charge in [0.15, 0.2) is 0 Å². The third-order valence-corrected chi connectivity index (χ3v) is 3.25. The van der Waals surface area contributed by atoms with E-state index in [0.29, 0.717) is 16.5 Å². The van der Waals surface area contributed by atoms with Gasteiger partial charge in [-0.15, -0.1) is 0 Å². The van der Waals surface area contributed by atoms with Gasteiger partial charge in [-0.05, 0) is 35.9 Å². The third kappa shape index (κ3) is 3.99. The summed E-state index contributed by atoms with van der Waals surface area (Å²) < 4.78 is 5.12. The monoisotopic (exact) mass is 319 g/mol. The summed E-state index contributed by atoms with van der Waals surface area (Å²) in [6.45, 7) is 0. The van der Waals surface area contributed by atoms with Crippen LogP contribution in [0.1, 0.15) is 15.9 Å². The van der Waals surface area contributed by atoms with Crippen LogP contribution in [-0.2, 0) is 11.2 Å². The van der Waals surface area contributed by atoms with Crippen LogP contribution in [-0.4, -0.2) is 24.1 Å². The minimum Gasteiger partial charge on any atom is -0.495 e. The molecule has 5 nitrogen and oxygen atoms in total. The molecule has 2 aromatic rings. The Morgan fingerprint density at radius 2 is 1.86 bits per heavy atom. The normalized spacial score (nSPS) is 10.1. The summed E-state index contributed by atoms with van der Waals surface area (Å²) in [4.78, 5) is 23.1. The van der Waals surface area contributed by atoms with Crippen LogP contribution < -0.4 is 10.1 Å². The largest absolute Gasteiger partial charge is 0.495 e. The number of anilines is 1. The maximum atomic E-state index is 12.1. The Morgan fingerprint density at radius 1 is 1.18 bits per heavy atom. The van der Waals surface area contributed by atoms with E-state index < -0.39 is 5.97 Å². The fourth-order valence-corrected chi connectivity index (χ4v) is 2.05. The summed E-state index contributed by atoms with van der Waals surface area (Å²) in [6, 6.07) is 11.2. The Bertz CT molecular complexity index is 698. The van der Waals surface area contributed by atoms with Gasteiger partial charge in [0.25, 0.3) is 0 Å². The molecule has 0 aliphatic rings. The van der Waals surface area contributed by atoms with Crippen LogP contribution in [0.3, 0.4) is 0 Å². The zero-order chi connectivity index (χ0) is 16.1. The Labute approximate surface area is 132 Å². The van der Waals surface area contributed by atoms with Crippen molar-refractivity contribution in [1.29, 1.82) is 0 Å². The van der Waals surface area contributed by atoms with Crippen LogP contribution in [0.5, 0.6) is 5.75 Å². The van der Waals surface area contributed by atoms with E-state index in [0.717, 1.165) is 5.56 Å². The summed E-state index contributed by atoms with van der Waals surface area (Å²) >= 11 is 5.79. The fourth-order valence-electron chi connectivity index (χ4n) is 1.92. The number of carboxylic acids is 1. The number of carbonyl (C=O) groups is 2. The molecule has 2 aromatic carbocycles. The lowest BCUT2D eigenvalue weighted by molar-refractivity contribution is -0.115. The molecule has 0 unspecified atom stereocenters. The highest BCUT2D eigenvalue weighted by Gasteiger charge is 2.12. The molecular formula is C16H14ClNO4. The molecule has 0 aliphatic heterocycles. The number of methoxy groups -OCH3 is 1. The molecule has 0 radical (unpaired) electrons. The highest BCUT2D eigenvalue weighted by atomic mass is 35.5. The number of hydrogen-bond acceptors (Lipinski definition) is 3. The molecule has 2 N–H and O–H groups in total. The van der Waals surface area contributed by atoms with E-state index in [1.807, 2.05) is 0 Å². The SMILES string of the molecule is COc1ccc(C(=O)O)cc1NC(=O)Cc1ccc(Cl)cc1. The number of ether oxygens (including phenoxy) is 1. The average Bonchev–Trinajstić information content (AvgIpc) is 2.49. The second kappa shape index (κ2) is 6.95. The lowest BCUT2D eigenvalue weighted by atomic mass is 10.1. The second-order valence-electron chi connectivity index (χ2n) is 4.57. The molecule has 0 saturated carbocycles. The minimum absolute atomic E-state index is 0.0718. The number of aromatic carboxylic acids is 1. The highest BCUT2D eigenvalue weighted by Crippen LogP contribution is 2.25. The number of hydrogen-bond donors (Lipinski definition) is 2. The molecule has 0 saturated heterocycles. The van der Waals surface area contributed by atoms with Crippen molar-refractivity contribution < 1.29 is 19.4 Å². The molecule has 114 valence electrons. The number of carboxylic acid groups (broad SMARTS) is 1. The van der Waals surface area contributed by atoms with E-state index in [1.54, 1.807) is 24.3 Å². The zero-order valence-corrected chi connectivity index (χ0v) is 12.6. The van der Waals surface area contributed by atoms with Gasteiger partial charge in [0.1, 0.15) is 5.75 Å². The smallest absolute Gasteiger partial charge is 0.335 e. The first-order valence-corrected chi connectivity index (χ1v) is 6.83. The first-order valence-electron chi connectivity index (χ1n) is 6.45. The number of halogens is 1. The maximum Gasteiger partial charge on any atom is 0.335 e. The maximum absolute atomic E-state index is 12.1. The van der Waals surface area contributed by atoms with E-state index in [2.05, 4.69) is 5.32 Å². The average molecular weight is 320 g/mol. The summed E-state index contributed by atoms with van der Waals surface area (Å²) in [5.41, 5.74) is 1.19. The van der Waals surface area contributed by atoms with Crippen LogP contribution >= 0.6 is 11.6 Å². The molecule has 0 aliphatic carbocycles. The summed E-state index contributed by atoms with van der Waals surface area (Å²) in [5.74, 6) is -0.950. The van der Waals surface area contributed by atoms with Gasteiger partial charge in [-0.1, -0.05) is 23.7 Å². The quantitative estimate of drug-likeness (QED) is 0.887. The van der Waals surface area contributed by atoms with E-state index in [1.165, 1.54) is 25.3 Å². The Kier molecular flexibility index (Phi) is 5.01. The van der Waals surface area contributed by atoms with Crippen molar-refractivity contribution in [2.24, 2.45) is 0 Å². The van der Waals surface area contributed by atoms with Gasteiger partial charge in [0.2, 0.25) is 5.91 Å². The molecule has 0 fully saturated rings. The van der Waals surface area contributed by atoms with Crippen LogP contribution in [0.15, 0.2) is 42.5 Å². The van der Waals surface area contributed by atoms with Crippen molar-refractivity contribution in [3.05, 3.63) is 58.6 Å². The predicted molar refractivity (Wildman–Crippen MR) is 83.7 cm³/mol. The topological polar surface area (TPSA) is 75.6 Å². The number of rotatable bonds is 5. The standard InChI is InChI=1S/C16H14ClNO4/c1-22-14-7-4-11(16(20)21)9-13(14)18-15(19)8-10-2-5-12(17)6-3-10/h2-7,9H,8H2,1H3,(H,18,19)(H,20,21). The van der Waals surface area contributed by atoms with Crippen LogP contribution in [0.25, 0.3) is 0 Å². The molecule has 0 aromatic heterocycles. The number of carbonyl (C=O) groups excluding carboxylic acids is 1. The van der Waals surface area contributed by atoms with E-state index >= 15 is 0 Å². The van der Waals surface area contributed by atoms with Gasteiger partial charge in [-0.3, -0.25) is 4.79 Å². The summed E-state index contributed by atoms with van der Waals surface area (Å²) in [7, 11) is 1.45. The van der Waals surface area contributed by atoms with Crippen molar-refractivity contribution >= 4 is 29.2 Å². The molecule has 0 bridgehead atoms. The Morgan fingerprint density at radius 3 is 2.45 bits per heavy atom. The summed E-state index contributed by atoms with van der Waals surface area (Å²) in [6.07, 6.45) is 0.150. The Hall–Kier alpha value is -2.53. The van der Waals surface area contributed by atoms with Crippen LogP contribution in [0, 0.1) is 0 Å². The van der Waals surface area contributed by atoms with Gasteiger partial charge in [-0.2, -0.15) is 0 Å². The van der Waals surface area contributed by atoms with E-state index in [-0.39, 0.29) is 17.9 Å². The van der Waals surface area contributed by atoms with Gasteiger partial charge >= 0.3 is 5.97 Å². The lowest BCUT2D eigenvalue weighted by Gasteiger charge is -2.11. The second-order valence-corrected chi connectivity index (χ2v) is 5.01. The highest BCUT2D eigenvalue weighted by molar-refractivity contribution is 6.30. The Balaban J connectivity index is 2.14. The van der Waals surface area contributed by atoms with Crippen LogP contribution in [0.4, 0.5) is 5.69 Å². The molecule has 0 heterocycles. The molecule has 1 amide bonds. The van der Waals surface area contributed by atoms with Crippen molar-refractivity contribution in [3.8, 4) is 5.75 Å². The van der Waals surface area contributed by atoms with E-state index in [9.17, 15) is 9.59 Å². The first kappa shape index (κ1) is 15.9. The molecule has 6 heteroatoms. The number of amides is 1.